The molecule has 0 aromatic heterocycles. The van der Waals surface area contributed by atoms with Crippen molar-refractivity contribution in [1.82, 2.24) is 0 Å². The summed E-state index contributed by atoms with van der Waals surface area (Å²) in [6, 6.07) is 5.87. The van der Waals surface area contributed by atoms with Gasteiger partial charge in [0.1, 0.15) is 0 Å². The molecule has 1 aromatic carbocycles. The van der Waals surface area contributed by atoms with Crippen molar-refractivity contribution in [2.24, 2.45) is 4.99 Å². The van der Waals surface area contributed by atoms with Gasteiger partial charge >= 0.3 is 0 Å². The standard InChI is InChI=1S/C8H8N2/c9-8-2-1-6-4-10-5-7(6)3-8/h1-4H,5,9H2. The van der Waals surface area contributed by atoms with Crippen LogP contribution >= 0.6 is 0 Å². The fraction of sp³-hybridized carbons (Fsp3) is 0.125. The van der Waals surface area contributed by atoms with Crippen molar-refractivity contribution in [3.8, 4) is 0 Å². The van der Waals surface area contributed by atoms with Crippen molar-refractivity contribution in [2.45, 2.75) is 6.54 Å². The summed E-state index contributed by atoms with van der Waals surface area (Å²) in [5.41, 5.74) is 8.84. The molecule has 0 atom stereocenters. The Labute approximate surface area is 59.4 Å². The van der Waals surface area contributed by atoms with Crippen LogP contribution in [0.5, 0.6) is 0 Å². The fourth-order valence-corrected chi connectivity index (χ4v) is 1.13. The Balaban J connectivity index is 2.59. The molecule has 0 bridgehead atoms. The van der Waals surface area contributed by atoms with E-state index in [1.807, 2.05) is 24.4 Å². The number of benzene rings is 1. The second-order valence-electron chi connectivity index (χ2n) is 2.43. The minimum absolute atomic E-state index is 0.792. The maximum absolute atomic E-state index is 5.58. The first-order chi connectivity index (χ1) is 4.86. The highest BCUT2D eigenvalue weighted by molar-refractivity contribution is 5.85. The highest BCUT2D eigenvalue weighted by atomic mass is 14.7. The van der Waals surface area contributed by atoms with Crippen LogP contribution in [-0.4, -0.2) is 6.21 Å². The van der Waals surface area contributed by atoms with Crippen LogP contribution in [0.2, 0.25) is 0 Å². The molecular formula is C8H8N2. The average molecular weight is 132 g/mol. The Morgan fingerprint density at radius 3 is 3.20 bits per heavy atom. The third kappa shape index (κ3) is 0.692. The number of hydrogen-bond acceptors (Lipinski definition) is 2. The number of rotatable bonds is 0. The van der Waals surface area contributed by atoms with E-state index >= 15 is 0 Å². The number of nitrogens with zero attached hydrogens (tertiary/aromatic N) is 1. The zero-order chi connectivity index (χ0) is 6.97. The van der Waals surface area contributed by atoms with Gasteiger partial charge in [-0.1, -0.05) is 6.07 Å². The molecule has 1 aromatic rings. The minimum Gasteiger partial charge on any atom is -0.399 e. The lowest BCUT2D eigenvalue weighted by Crippen LogP contribution is -1.88. The van der Waals surface area contributed by atoms with Gasteiger partial charge in [0.25, 0.3) is 0 Å². The molecule has 0 aliphatic carbocycles. The van der Waals surface area contributed by atoms with Crippen molar-refractivity contribution in [3.63, 3.8) is 0 Å². The summed E-state index contributed by atoms with van der Waals surface area (Å²) in [4.78, 5) is 4.11. The van der Waals surface area contributed by atoms with Crippen LogP contribution in [-0.2, 0) is 6.54 Å². The molecular weight excluding hydrogens is 124 g/mol. The summed E-state index contributed by atoms with van der Waals surface area (Å²) in [5, 5.41) is 0. The highest BCUT2D eigenvalue weighted by Crippen LogP contribution is 2.16. The molecule has 2 rings (SSSR count). The molecule has 0 spiro atoms. The van der Waals surface area contributed by atoms with E-state index in [0.717, 1.165) is 12.2 Å². The Morgan fingerprint density at radius 1 is 1.40 bits per heavy atom. The maximum atomic E-state index is 5.58. The van der Waals surface area contributed by atoms with Crippen molar-refractivity contribution < 1.29 is 0 Å². The van der Waals surface area contributed by atoms with E-state index in [1.165, 1.54) is 11.1 Å². The van der Waals surface area contributed by atoms with E-state index in [9.17, 15) is 0 Å². The fourth-order valence-electron chi connectivity index (χ4n) is 1.13. The first-order valence-electron chi connectivity index (χ1n) is 3.24. The van der Waals surface area contributed by atoms with Crippen LogP contribution in [0.25, 0.3) is 0 Å². The van der Waals surface area contributed by atoms with Gasteiger partial charge in [-0.15, -0.1) is 0 Å². The predicted molar refractivity (Wildman–Crippen MR) is 42.2 cm³/mol. The van der Waals surface area contributed by atoms with Crippen molar-refractivity contribution in [1.29, 1.82) is 0 Å². The van der Waals surface area contributed by atoms with Gasteiger partial charge in [-0.3, -0.25) is 4.99 Å². The molecule has 0 fully saturated rings. The van der Waals surface area contributed by atoms with Gasteiger partial charge in [-0.25, -0.2) is 0 Å². The van der Waals surface area contributed by atoms with Gasteiger partial charge < -0.3 is 5.73 Å². The molecule has 10 heavy (non-hydrogen) atoms. The summed E-state index contributed by atoms with van der Waals surface area (Å²) >= 11 is 0. The molecule has 0 saturated heterocycles. The predicted octanol–water partition coefficient (Wildman–Crippen LogP) is 1.20. The second-order valence-corrected chi connectivity index (χ2v) is 2.43. The molecule has 0 unspecified atom stereocenters. The van der Waals surface area contributed by atoms with E-state index in [1.54, 1.807) is 0 Å². The molecule has 1 aliphatic heterocycles. The van der Waals surface area contributed by atoms with Crippen LogP contribution in [0.3, 0.4) is 0 Å². The maximum Gasteiger partial charge on any atom is 0.0647 e. The number of nitrogen functional groups attached to an aromatic ring is 1. The molecule has 1 aliphatic rings. The van der Waals surface area contributed by atoms with Crippen molar-refractivity contribution in [3.05, 3.63) is 29.3 Å². The number of hydrogen-bond donors (Lipinski definition) is 1. The van der Waals surface area contributed by atoms with Crippen LogP contribution in [0.4, 0.5) is 5.69 Å². The molecule has 0 amide bonds. The summed E-state index contributed by atoms with van der Waals surface area (Å²) in [7, 11) is 0. The largest absolute Gasteiger partial charge is 0.399 e. The number of nitrogens with two attached hydrogens (primary N) is 1. The van der Waals surface area contributed by atoms with Gasteiger partial charge in [-0.05, 0) is 23.3 Å². The smallest absolute Gasteiger partial charge is 0.0647 e. The third-order valence-corrected chi connectivity index (χ3v) is 1.66. The number of fused-ring (bicyclic) bond motifs is 1. The molecule has 50 valence electrons. The first kappa shape index (κ1) is 5.47. The zero-order valence-electron chi connectivity index (χ0n) is 5.54. The van der Waals surface area contributed by atoms with Gasteiger partial charge in [-0.2, -0.15) is 0 Å². The topological polar surface area (TPSA) is 38.4 Å². The Morgan fingerprint density at radius 2 is 2.30 bits per heavy atom. The SMILES string of the molecule is Nc1ccc2c(c1)CN=C2. The Hall–Kier alpha value is -1.31. The Kier molecular flexibility index (Phi) is 1.01. The van der Waals surface area contributed by atoms with Crippen LogP contribution in [0.15, 0.2) is 23.2 Å². The first-order valence-corrected chi connectivity index (χ1v) is 3.24. The summed E-state index contributed by atoms with van der Waals surface area (Å²) in [5.74, 6) is 0. The van der Waals surface area contributed by atoms with Gasteiger partial charge in [0.2, 0.25) is 0 Å². The van der Waals surface area contributed by atoms with Gasteiger partial charge in [0, 0.05) is 11.9 Å². The molecule has 0 saturated carbocycles. The van der Waals surface area contributed by atoms with Crippen molar-refractivity contribution >= 4 is 11.9 Å². The normalized spacial score (nSPS) is 13.6. The zero-order valence-corrected chi connectivity index (χ0v) is 5.54. The molecule has 0 radical (unpaired) electrons. The monoisotopic (exact) mass is 132 g/mol. The summed E-state index contributed by atoms with van der Waals surface area (Å²) in [6.45, 7) is 0.792. The molecule has 1 heterocycles. The van der Waals surface area contributed by atoms with Crippen LogP contribution in [0.1, 0.15) is 11.1 Å². The highest BCUT2D eigenvalue weighted by Gasteiger charge is 2.04. The van der Waals surface area contributed by atoms with E-state index in [0.29, 0.717) is 0 Å². The van der Waals surface area contributed by atoms with Crippen LogP contribution in [0, 0.1) is 0 Å². The number of anilines is 1. The van der Waals surface area contributed by atoms with Crippen LogP contribution < -0.4 is 5.73 Å². The van der Waals surface area contributed by atoms with Gasteiger partial charge in [0.05, 0.1) is 6.54 Å². The second kappa shape index (κ2) is 1.84. The average Bonchev–Trinajstić information content (AvgIpc) is 2.33. The lowest BCUT2D eigenvalue weighted by atomic mass is 10.1. The quantitative estimate of drug-likeness (QED) is 0.529. The van der Waals surface area contributed by atoms with E-state index in [2.05, 4.69) is 4.99 Å². The van der Waals surface area contributed by atoms with E-state index in [4.69, 9.17) is 5.73 Å². The molecule has 2 nitrogen and oxygen atoms in total. The Bertz CT molecular complexity index is 289. The molecule has 2 N–H and O–H groups in total. The van der Waals surface area contributed by atoms with Gasteiger partial charge in [0.15, 0.2) is 0 Å². The lowest BCUT2D eigenvalue weighted by molar-refractivity contribution is 1.11. The lowest BCUT2D eigenvalue weighted by Gasteiger charge is -1.96. The summed E-state index contributed by atoms with van der Waals surface area (Å²) < 4.78 is 0. The summed E-state index contributed by atoms with van der Waals surface area (Å²) in [6.07, 6.45) is 1.88. The van der Waals surface area contributed by atoms with E-state index < -0.39 is 0 Å². The minimum atomic E-state index is 0.792. The molecule has 2 heteroatoms. The third-order valence-electron chi connectivity index (χ3n) is 1.66. The van der Waals surface area contributed by atoms with E-state index in [-0.39, 0.29) is 0 Å². The van der Waals surface area contributed by atoms with Crippen molar-refractivity contribution in [2.75, 3.05) is 5.73 Å². The number of aliphatic imine (C=N–C) groups is 1.